The zero-order chi connectivity index (χ0) is 14.5. The lowest BCUT2D eigenvalue weighted by atomic mass is 9.77. The fourth-order valence-corrected chi connectivity index (χ4v) is 4.25. The molecule has 1 aliphatic heterocycles. The Morgan fingerprint density at radius 1 is 1.05 bits per heavy atom. The Morgan fingerprint density at radius 2 is 1.85 bits per heavy atom. The van der Waals surface area contributed by atoms with Crippen molar-refractivity contribution in [2.24, 2.45) is 17.8 Å². The molecule has 1 saturated carbocycles. The lowest BCUT2D eigenvalue weighted by Crippen LogP contribution is -2.53. The smallest absolute Gasteiger partial charge is 0.0120 e. The summed E-state index contributed by atoms with van der Waals surface area (Å²) in [7, 11) is 0. The highest BCUT2D eigenvalue weighted by atomic mass is 15.2. The fourth-order valence-electron chi connectivity index (χ4n) is 4.25. The second kappa shape index (κ2) is 7.79. The molecule has 2 fully saturated rings. The van der Waals surface area contributed by atoms with Crippen molar-refractivity contribution in [3.05, 3.63) is 0 Å². The van der Waals surface area contributed by atoms with Crippen LogP contribution in [0.15, 0.2) is 0 Å². The van der Waals surface area contributed by atoms with Gasteiger partial charge in [0, 0.05) is 18.6 Å². The van der Waals surface area contributed by atoms with Crippen LogP contribution in [0.3, 0.4) is 0 Å². The van der Waals surface area contributed by atoms with E-state index in [1.807, 2.05) is 0 Å². The fraction of sp³-hybridized carbons (Fsp3) is 1.00. The third kappa shape index (κ3) is 3.98. The van der Waals surface area contributed by atoms with E-state index < -0.39 is 0 Å². The predicted octanol–water partition coefficient (Wildman–Crippen LogP) is 3.91. The van der Waals surface area contributed by atoms with Gasteiger partial charge in [0.2, 0.25) is 0 Å². The van der Waals surface area contributed by atoms with Gasteiger partial charge in [-0.05, 0) is 62.9 Å². The largest absolute Gasteiger partial charge is 0.314 e. The van der Waals surface area contributed by atoms with Gasteiger partial charge in [-0.15, -0.1) is 0 Å². The molecule has 5 atom stereocenters. The minimum absolute atomic E-state index is 0.774. The average molecular weight is 280 g/mol. The van der Waals surface area contributed by atoms with Crippen LogP contribution in [0.5, 0.6) is 0 Å². The van der Waals surface area contributed by atoms with Crippen molar-refractivity contribution in [3.8, 4) is 0 Å². The van der Waals surface area contributed by atoms with Gasteiger partial charge in [-0.2, -0.15) is 0 Å². The first kappa shape index (κ1) is 16.3. The number of rotatable bonds is 5. The highest BCUT2D eigenvalue weighted by molar-refractivity contribution is 4.90. The van der Waals surface area contributed by atoms with Gasteiger partial charge in [-0.3, -0.25) is 4.90 Å². The van der Waals surface area contributed by atoms with Crippen LogP contribution in [0.25, 0.3) is 0 Å². The molecule has 118 valence electrons. The van der Waals surface area contributed by atoms with E-state index in [0.717, 1.165) is 29.8 Å². The van der Waals surface area contributed by atoms with Crippen molar-refractivity contribution >= 4 is 0 Å². The van der Waals surface area contributed by atoms with Gasteiger partial charge in [0.05, 0.1) is 0 Å². The maximum absolute atomic E-state index is 3.78. The zero-order valence-electron chi connectivity index (χ0n) is 14.2. The van der Waals surface area contributed by atoms with Crippen LogP contribution < -0.4 is 5.32 Å². The molecule has 1 N–H and O–H groups in total. The van der Waals surface area contributed by atoms with Crippen LogP contribution in [0.4, 0.5) is 0 Å². The summed E-state index contributed by atoms with van der Waals surface area (Å²) in [4.78, 5) is 2.83. The van der Waals surface area contributed by atoms with Crippen molar-refractivity contribution in [3.63, 3.8) is 0 Å². The SMILES string of the molecule is CCCNC1CCN(C2CCC(C)C(C)C2)CC1CC. The van der Waals surface area contributed by atoms with Crippen LogP contribution in [0.1, 0.15) is 66.2 Å². The maximum atomic E-state index is 3.78. The first-order valence-electron chi connectivity index (χ1n) is 9.13. The minimum atomic E-state index is 0.774. The number of hydrogen-bond acceptors (Lipinski definition) is 2. The number of piperidine rings is 1. The van der Waals surface area contributed by atoms with Crippen LogP contribution in [0.2, 0.25) is 0 Å². The Hall–Kier alpha value is -0.0800. The van der Waals surface area contributed by atoms with Crippen molar-refractivity contribution in [1.29, 1.82) is 0 Å². The summed E-state index contributed by atoms with van der Waals surface area (Å²) in [6.45, 7) is 13.4. The molecule has 0 aromatic carbocycles. The molecule has 2 heteroatoms. The number of hydrogen-bond donors (Lipinski definition) is 1. The summed E-state index contributed by atoms with van der Waals surface area (Å²) >= 11 is 0. The maximum Gasteiger partial charge on any atom is 0.0120 e. The van der Waals surface area contributed by atoms with E-state index in [-0.39, 0.29) is 0 Å². The average Bonchev–Trinajstić information content (AvgIpc) is 2.47. The van der Waals surface area contributed by atoms with Gasteiger partial charge in [0.25, 0.3) is 0 Å². The third-order valence-electron chi connectivity index (χ3n) is 6.03. The molecule has 2 aliphatic rings. The molecule has 2 rings (SSSR count). The van der Waals surface area contributed by atoms with Crippen molar-refractivity contribution in [2.75, 3.05) is 19.6 Å². The molecule has 0 bridgehead atoms. The molecule has 2 nitrogen and oxygen atoms in total. The number of nitrogens with one attached hydrogen (secondary N) is 1. The van der Waals surface area contributed by atoms with Gasteiger partial charge < -0.3 is 5.32 Å². The van der Waals surface area contributed by atoms with E-state index in [2.05, 4.69) is 37.9 Å². The topological polar surface area (TPSA) is 15.3 Å². The highest BCUT2D eigenvalue weighted by Gasteiger charge is 2.34. The van der Waals surface area contributed by atoms with Crippen LogP contribution in [0, 0.1) is 17.8 Å². The molecule has 0 amide bonds. The quantitative estimate of drug-likeness (QED) is 0.821. The molecule has 1 heterocycles. The Labute approximate surface area is 126 Å². The van der Waals surface area contributed by atoms with Gasteiger partial charge in [0.15, 0.2) is 0 Å². The minimum Gasteiger partial charge on any atom is -0.314 e. The first-order valence-corrected chi connectivity index (χ1v) is 9.13. The van der Waals surface area contributed by atoms with Gasteiger partial charge in [-0.25, -0.2) is 0 Å². The van der Waals surface area contributed by atoms with E-state index in [0.29, 0.717) is 0 Å². The van der Waals surface area contributed by atoms with E-state index in [9.17, 15) is 0 Å². The lowest BCUT2D eigenvalue weighted by Gasteiger charge is -2.45. The molecular weight excluding hydrogens is 244 g/mol. The standard InChI is InChI=1S/C18H36N2/c1-5-10-19-18-9-11-20(13-16(18)6-2)17-8-7-14(3)15(4)12-17/h14-19H,5-13H2,1-4H3. The number of nitrogens with zero attached hydrogens (tertiary/aromatic N) is 1. The Morgan fingerprint density at radius 3 is 2.50 bits per heavy atom. The molecular formula is C18H36N2. The first-order chi connectivity index (χ1) is 9.65. The summed E-state index contributed by atoms with van der Waals surface area (Å²) in [6, 6.07) is 1.65. The summed E-state index contributed by atoms with van der Waals surface area (Å²) in [6.07, 6.45) is 8.26. The Kier molecular flexibility index (Phi) is 6.35. The molecule has 1 saturated heterocycles. The van der Waals surface area contributed by atoms with Crippen LogP contribution in [-0.4, -0.2) is 36.6 Å². The van der Waals surface area contributed by atoms with Crippen molar-refractivity contribution in [2.45, 2.75) is 78.3 Å². The molecule has 0 aromatic heterocycles. The monoisotopic (exact) mass is 280 g/mol. The molecule has 1 aliphatic carbocycles. The van der Waals surface area contributed by atoms with Gasteiger partial charge >= 0.3 is 0 Å². The number of likely N-dealkylation sites (tertiary alicyclic amines) is 1. The molecule has 5 unspecified atom stereocenters. The second-order valence-corrected chi connectivity index (χ2v) is 7.43. The van der Waals surface area contributed by atoms with E-state index in [1.165, 1.54) is 58.2 Å². The molecule has 0 aromatic rings. The van der Waals surface area contributed by atoms with Crippen molar-refractivity contribution in [1.82, 2.24) is 10.2 Å². The molecule has 0 spiro atoms. The lowest BCUT2D eigenvalue weighted by molar-refractivity contribution is 0.0533. The van der Waals surface area contributed by atoms with Crippen LogP contribution in [-0.2, 0) is 0 Å². The summed E-state index contributed by atoms with van der Waals surface area (Å²) in [5.74, 6) is 2.73. The second-order valence-electron chi connectivity index (χ2n) is 7.43. The Balaban J connectivity index is 1.86. The zero-order valence-corrected chi connectivity index (χ0v) is 14.2. The summed E-state index contributed by atoms with van der Waals surface area (Å²) in [5.41, 5.74) is 0. The van der Waals surface area contributed by atoms with Crippen LogP contribution >= 0.6 is 0 Å². The van der Waals surface area contributed by atoms with Crippen molar-refractivity contribution < 1.29 is 0 Å². The highest BCUT2D eigenvalue weighted by Crippen LogP contribution is 2.34. The van der Waals surface area contributed by atoms with E-state index >= 15 is 0 Å². The van der Waals surface area contributed by atoms with Gasteiger partial charge in [0.1, 0.15) is 0 Å². The third-order valence-corrected chi connectivity index (χ3v) is 6.03. The normalized spacial score (nSPS) is 39.9. The van der Waals surface area contributed by atoms with Gasteiger partial charge in [-0.1, -0.05) is 34.1 Å². The Bertz CT molecular complexity index is 279. The summed E-state index contributed by atoms with van der Waals surface area (Å²) in [5, 5.41) is 3.78. The predicted molar refractivity (Wildman–Crippen MR) is 88.0 cm³/mol. The summed E-state index contributed by atoms with van der Waals surface area (Å²) < 4.78 is 0. The van der Waals surface area contributed by atoms with E-state index in [4.69, 9.17) is 0 Å². The molecule has 20 heavy (non-hydrogen) atoms. The molecule has 0 radical (unpaired) electrons. The van der Waals surface area contributed by atoms with E-state index in [1.54, 1.807) is 0 Å².